The van der Waals surface area contributed by atoms with Gasteiger partial charge in [0, 0.05) is 10.9 Å². The molecule has 0 saturated heterocycles. The molecule has 0 N–H and O–H groups in total. The van der Waals surface area contributed by atoms with E-state index in [4.69, 9.17) is 18.6 Å². The van der Waals surface area contributed by atoms with Crippen molar-refractivity contribution in [2.24, 2.45) is 0 Å². The van der Waals surface area contributed by atoms with Crippen molar-refractivity contribution in [2.45, 2.75) is 13.8 Å². The smallest absolute Gasteiger partial charge is 0.374 e. The van der Waals surface area contributed by atoms with Crippen LogP contribution >= 0.6 is 0 Å². The van der Waals surface area contributed by atoms with Gasteiger partial charge in [0.25, 0.3) is 0 Å². The minimum atomic E-state index is -0.580. The Morgan fingerprint density at radius 1 is 1.19 bits per heavy atom. The van der Waals surface area contributed by atoms with Gasteiger partial charge in [-0.1, -0.05) is 0 Å². The lowest BCUT2D eigenvalue weighted by Gasteiger charge is -2.04. The van der Waals surface area contributed by atoms with Crippen LogP contribution in [0.4, 0.5) is 0 Å². The number of rotatable bonds is 4. The maximum atomic E-state index is 11.9. The number of hydrogen-bond acceptors (Lipinski definition) is 6. The molecule has 21 heavy (non-hydrogen) atoms. The van der Waals surface area contributed by atoms with Gasteiger partial charge in [0.15, 0.2) is 11.3 Å². The van der Waals surface area contributed by atoms with E-state index in [1.54, 1.807) is 26.0 Å². The largest absolute Gasteiger partial charge is 0.493 e. The van der Waals surface area contributed by atoms with Crippen LogP contribution in [-0.4, -0.2) is 32.8 Å². The highest BCUT2D eigenvalue weighted by Crippen LogP contribution is 2.35. The quantitative estimate of drug-likeness (QED) is 0.806. The van der Waals surface area contributed by atoms with Gasteiger partial charge >= 0.3 is 11.9 Å². The third-order valence-corrected chi connectivity index (χ3v) is 3.13. The number of aryl methyl sites for hydroxylation is 1. The fourth-order valence-corrected chi connectivity index (χ4v) is 2.16. The normalized spacial score (nSPS) is 10.5. The number of ether oxygens (including phenoxy) is 3. The van der Waals surface area contributed by atoms with Gasteiger partial charge in [0.1, 0.15) is 0 Å². The summed E-state index contributed by atoms with van der Waals surface area (Å²) in [5.41, 5.74) is 1.15. The maximum Gasteiger partial charge on any atom is 0.374 e. The number of hydrogen-bond donors (Lipinski definition) is 0. The Morgan fingerprint density at radius 2 is 1.90 bits per heavy atom. The predicted octanol–water partition coefficient (Wildman–Crippen LogP) is 2.71. The van der Waals surface area contributed by atoms with E-state index in [9.17, 15) is 9.59 Å². The fourth-order valence-electron chi connectivity index (χ4n) is 2.16. The monoisotopic (exact) mass is 292 g/mol. The summed E-state index contributed by atoms with van der Waals surface area (Å²) in [6.45, 7) is 3.62. The lowest BCUT2D eigenvalue weighted by Crippen LogP contribution is -2.05. The first kappa shape index (κ1) is 14.9. The first-order valence-electron chi connectivity index (χ1n) is 6.40. The first-order chi connectivity index (χ1) is 10.0. The molecule has 0 aliphatic heterocycles. The molecule has 1 aromatic carbocycles. The Morgan fingerprint density at radius 3 is 2.48 bits per heavy atom. The number of esters is 2. The van der Waals surface area contributed by atoms with Crippen molar-refractivity contribution in [3.05, 3.63) is 29.0 Å². The molecule has 0 fully saturated rings. The summed E-state index contributed by atoms with van der Waals surface area (Å²) in [7, 11) is 2.77. The topological polar surface area (TPSA) is 75.0 Å². The molecule has 1 aromatic heterocycles. The summed E-state index contributed by atoms with van der Waals surface area (Å²) < 4.78 is 20.5. The lowest BCUT2D eigenvalue weighted by atomic mass is 10.1. The summed E-state index contributed by atoms with van der Waals surface area (Å²) in [6, 6.07) is 3.16. The van der Waals surface area contributed by atoms with Crippen molar-refractivity contribution in [1.29, 1.82) is 0 Å². The highest BCUT2D eigenvalue weighted by Gasteiger charge is 2.25. The number of fused-ring (bicyclic) bond motifs is 1. The van der Waals surface area contributed by atoms with Crippen LogP contribution in [0, 0.1) is 6.92 Å². The van der Waals surface area contributed by atoms with E-state index in [-0.39, 0.29) is 12.4 Å². The van der Waals surface area contributed by atoms with E-state index in [1.807, 2.05) is 0 Å². The molecule has 0 unspecified atom stereocenters. The molecule has 2 aromatic rings. The molecule has 112 valence electrons. The van der Waals surface area contributed by atoms with Crippen LogP contribution in [0.25, 0.3) is 11.0 Å². The Bertz CT molecular complexity index is 698. The number of carbonyl (C=O) groups excluding carboxylic acids is 2. The van der Waals surface area contributed by atoms with Crippen LogP contribution in [0.5, 0.6) is 5.75 Å². The summed E-state index contributed by atoms with van der Waals surface area (Å²) in [5.74, 6) is -0.608. The molecule has 0 aliphatic carbocycles. The third kappa shape index (κ3) is 2.44. The number of furan rings is 1. The molecule has 1 heterocycles. The second kappa shape index (κ2) is 5.87. The number of benzene rings is 1. The Hall–Kier alpha value is -2.50. The minimum Gasteiger partial charge on any atom is -0.493 e. The molecule has 0 spiro atoms. The van der Waals surface area contributed by atoms with Gasteiger partial charge in [-0.2, -0.15) is 0 Å². The molecule has 6 heteroatoms. The van der Waals surface area contributed by atoms with Gasteiger partial charge in [0.05, 0.1) is 26.4 Å². The third-order valence-electron chi connectivity index (χ3n) is 3.13. The van der Waals surface area contributed by atoms with E-state index in [0.717, 1.165) is 0 Å². The molecular weight excluding hydrogens is 276 g/mol. The van der Waals surface area contributed by atoms with E-state index in [1.165, 1.54) is 14.2 Å². The highest BCUT2D eigenvalue weighted by atomic mass is 16.5. The molecule has 2 rings (SSSR count). The molecule has 0 bridgehead atoms. The first-order valence-corrected chi connectivity index (χ1v) is 6.40. The van der Waals surface area contributed by atoms with E-state index in [2.05, 4.69) is 0 Å². The zero-order chi connectivity index (χ0) is 15.6. The highest BCUT2D eigenvalue weighted by molar-refractivity contribution is 6.08. The van der Waals surface area contributed by atoms with Crippen molar-refractivity contribution in [2.75, 3.05) is 20.8 Å². The molecular formula is C15H16O6. The van der Waals surface area contributed by atoms with Crippen molar-refractivity contribution in [3.8, 4) is 5.75 Å². The number of methoxy groups -OCH3 is 2. The van der Waals surface area contributed by atoms with Gasteiger partial charge in [-0.05, 0) is 26.0 Å². The van der Waals surface area contributed by atoms with Gasteiger partial charge < -0.3 is 18.6 Å². The van der Waals surface area contributed by atoms with E-state index in [0.29, 0.717) is 27.8 Å². The fraction of sp³-hybridized carbons (Fsp3) is 0.333. The Kier molecular flexibility index (Phi) is 4.16. The SMILES string of the molecule is CCOC(=O)c1oc2c(OC)ccc(C(=O)OC)c2c1C. The predicted molar refractivity (Wildman–Crippen MR) is 74.8 cm³/mol. The minimum absolute atomic E-state index is 0.0569. The molecule has 0 aliphatic rings. The summed E-state index contributed by atoms with van der Waals surface area (Å²) in [5, 5.41) is 0.490. The zero-order valence-corrected chi connectivity index (χ0v) is 12.3. The Labute approximate surface area is 121 Å². The van der Waals surface area contributed by atoms with Crippen LogP contribution in [-0.2, 0) is 9.47 Å². The average Bonchev–Trinajstić information content (AvgIpc) is 2.84. The summed E-state index contributed by atoms with van der Waals surface area (Å²) >= 11 is 0. The maximum absolute atomic E-state index is 11.9. The zero-order valence-electron chi connectivity index (χ0n) is 12.3. The average molecular weight is 292 g/mol. The number of carbonyl (C=O) groups is 2. The second-order valence-electron chi connectivity index (χ2n) is 4.29. The van der Waals surface area contributed by atoms with Crippen LogP contribution in [0.1, 0.15) is 33.4 Å². The van der Waals surface area contributed by atoms with Gasteiger partial charge in [0.2, 0.25) is 5.76 Å². The van der Waals surface area contributed by atoms with Gasteiger partial charge in [-0.25, -0.2) is 9.59 Å². The van der Waals surface area contributed by atoms with Crippen LogP contribution < -0.4 is 4.74 Å². The van der Waals surface area contributed by atoms with Crippen LogP contribution in [0.15, 0.2) is 16.5 Å². The van der Waals surface area contributed by atoms with E-state index >= 15 is 0 Å². The molecule has 6 nitrogen and oxygen atoms in total. The standard InChI is InChI=1S/C15H16O6/c1-5-20-15(17)12-8(2)11-9(14(16)19-4)6-7-10(18-3)13(11)21-12/h6-7H,5H2,1-4H3. The van der Waals surface area contributed by atoms with Crippen molar-refractivity contribution in [3.63, 3.8) is 0 Å². The molecule has 0 saturated carbocycles. The summed E-state index contributed by atoms with van der Waals surface area (Å²) in [4.78, 5) is 23.8. The van der Waals surface area contributed by atoms with Crippen LogP contribution in [0.3, 0.4) is 0 Å². The van der Waals surface area contributed by atoms with Crippen molar-refractivity contribution >= 4 is 22.9 Å². The van der Waals surface area contributed by atoms with Gasteiger partial charge in [-0.3, -0.25) is 0 Å². The van der Waals surface area contributed by atoms with E-state index < -0.39 is 11.9 Å². The Balaban J connectivity index is 2.75. The summed E-state index contributed by atoms with van der Waals surface area (Å²) in [6.07, 6.45) is 0. The van der Waals surface area contributed by atoms with Crippen LogP contribution in [0.2, 0.25) is 0 Å². The molecule has 0 atom stereocenters. The molecule has 0 amide bonds. The second-order valence-corrected chi connectivity index (χ2v) is 4.29. The van der Waals surface area contributed by atoms with Crippen molar-refractivity contribution < 1.29 is 28.2 Å². The lowest BCUT2D eigenvalue weighted by molar-refractivity contribution is 0.0490. The van der Waals surface area contributed by atoms with Gasteiger partial charge in [-0.15, -0.1) is 0 Å². The van der Waals surface area contributed by atoms with Crippen molar-refractivity contribution in [1.82, 2.24) is 0 Å². The molecule has 0 radical (unpaired) electrons.